The first-order valence-electron chi connectivity index (χ1n) is 7.35. The highest BCUT2D eigenvalue weighted by Crippen LogP contribution is 2.37. The monoisotopic (exact) mass is 332 g/mol. The summed E-state index contributed by atoms with van der Waals surface area (Å²) in [5.41, 5.74) is 7.07. The predicted octanol–water partition coefficient (Wildman–Crippen LogP) is -0.985. The van der Waals surface area contributed by atoms with Gasteiger partial charge in [-0.05, 0) is 0 Å². The highest BCUT2D eigenvalue weighted by atomic mass is 16.6. The van der Waals surface area contributed by atoms with E-state index in [0.717, 1.165) is 0 Å². The number of aliphatic hydroxyl groups is 3. The minimum atomic E-state index is -1.22. The summed E-state index contributed by atoms with van der Waals surface area (Å²) < 4.78 is 7.15. The van der Waals surface area contributed by atoms with Crippen LogP contribution in [0.5, 0.6) is 0 Å². The molecule has 0 saturated carbocycles. The number of nitrogens with two attached hydrogens (primary N) is 1. The number of fused-ring (bicyclic) bond motifs is 1. The second-order valence-corrected chi connectivity index (χ2v) is 5.57. The van der Waals surface area contributed by atoms with Crippen molar-refractivity contribution in [2.75, 3.05) is 12.3 Å². The molecule has 0 radical (unpaired) electrons. The number of nitrogens with zero attached hydrogens (tertiary/aromatic N) is 4. The van der Waals surface area contributed by atoms with Crippen LogP contribution >= 0.6 is 0 Å². The molecule has 4 rings (SSSR count). The van der Waals surface area contributed by atoms with Crippen LogP contribution in [0, 0.1) is 0 Å². The normalized spacial score (nSPS) is 27.1. The summed E-state index contributed by atoms with van der Waals surface area (Å²) in [7, 11) is 0. The Kier molecular flexibility index (Phi) is 3.46. The van der Waals surface area contributed by atoms with Gasteiger partial charge in [0.15, 0.2) is 6.23 Å². The van der Waals surface area contributed by atoms with Crippen LogP contribution in [0.3, 0.4) is 0 Å². The zero-order valence-corrected chi connectivity index (χ0v) is 12.4. The van der Waals surface area contributed by atoms with E-state index in [2.05, 4.69) is 19.9 Å². The van der Waals surface area contributed by atoms with Crippen molar-refractivity contribution in [1.29, 1.82) is 0 Å². The van der Waals surface area contributed by atoms with Gasteiger partial charge in [0.25, 0.3) is 0 Å². The predicted molar refractivity (Wildman–Crippen MR) is 82.5 cm³/mol. The maximum absolute atomic E-state index is 10.3. The Morgan fingerprint density at radius 1 is 1.25 bits per heavy atom. The number of aromatic nitrogens is 5. The molecule has 2 unspecified atom stereocenters. The summed E-state index contributed by atoms with van der Waals surface area (Å²) in [6.45, 7) is -0.407. The van der Waals surface area contributed by atoms with Crippen LogP contribution in [0.15, 0.2) is 24.9 Å². The fourth-order valence-corrected chi connectivity index (χ4v) is 3.00. The molecule has 10 nitrogen and oxygen atoms in total. The molecule has 4 heterocycles. The van der Waals surface area contributed by atoms with Gasteiger partial charge in [-0.1, -0.05) is 0 Å². The molecule has 10 heteroatoms. The van der Waals surface area contributed by atoms with Crippen LogP contribution in [0.1, 0.15) is 6.23 Å². The number of nitrogens with one attached hydrogen (secondary N) is 1. The van der Waals surface area contributed by atoms with E-state index in [0.29, 0.717) is 22.4 Å². The fraction of sp³-hybridized carbons (Fsp3) is 0.357. The third kappa shape index (κ3) is 2.08. The fourth-order valence-electron chi connectivity index (χ4n) is 3.00. The van der Waals surface area contributed by atoms with Crippen LogP contribution in [-0.4, -0.2) is 64.7 Å². The SMILES string of the molecule is Nc1ncnc2c1c(-c1ncc[nH]1)cn2[C@@H]1O[C@H](CO)C(O)C1O. The third-order valence-corrected chi connectivity index (χ3v) is 4.18. The van der Waals surface area contributed by atoms with Gasteiger partial charge in [-0.3, -0.25) is 0 Å². The summed E-state index contributed by atoms with van der Waals surface area (Å²) in [5, 5.41) is 30.1. The summed E-state index contributed by atoms with van der Waals surface area (Å²) in [4.78, 5) is 15.4. The van der Waals surface area contributed by atoms with Gasteiger partial charge in [0.1, 0.15) is 41.9 Å². The van der Waals surface area contributed by atoms with E-state index in [9.17, 15) is 15.3 Å². The number of hydrogen-bond donors (Lipinski definition) is 5. The average molecular weight is 332 g/mol. The highest BCUT2D eigenvalue weighted by molar-refractivity contribution is 5.99. The van der Waals surface area contributed by atoms with Gasteiger partial charge >= 0.3 is 0 Å². The molecule has 0 bridgehead atoms. The van der Waals surface area contributed by atoms with Crippen molar-refractivity contribution in [2.45, 2.75) is 24.5 Å². The van der Waals surface area contributed by atoms with Crippen molar-refractivity contribution in [3.8, 4) is 11.4 Å². The van der Waals surface area contributed by atoms with Gasteiger partial charge in [0.05, 0.1) is 12.0 Å². The number of anilines is 1. The largest absolute Gasteiger partial charge is 0.394 e. The maximum atomic E-state index is 10.3. The van der Waals surface area contributed by atoms with Gasteiger partial charge in [-0.25, -0.2) is 15.0 Å². The first kappa shape index (κ1) is 15.0. The molecule has 0 amide bonds. The van der Waals surface area contributed by atoms with Crippen LogP contribution in [0.4, 0.5) is 5.82 Å². The van der Waals surface area contributed by atoms with Crippen molar-refractivity contribution >= 4 is 16.9 Å². The number of aromatic amines is 1. The maximum Gasteiger partial charge on any atom is 0.164 e. The molecular weight excluding hydrogens is 316 g/mol. The zero-order valence-electron chi connectivity index (χ0n) is 12.4. The van der Waals surface area contributed by atoms with Crippen molar-refractivity contribution in [1.82, 2.24) is 24.5 Å². The number of hydrogen-bond acceptors (Lipinski definition) is 8. The molecule has 0 aliphatic carbocycles. The van der Waals surface area contributed by atoms with Crippen LogP contribution < -0.4 is 5.73 Å². The number of nitrogen functional groups attached to an aromatic ring is 1. The molecule has 3 aromatic heterocycles. The topological polar surface area (TPSA) is 155 Å². The molecule has 1 fully saturated rings. The van der Waals surface area contributed by atoms with E-state index in [-0.39, 0.29) is 5.82 Å². The number of imidazole rings is 1. The van der Waals surface area contributed by atoms with E-state index in [1.807, 2.05) is 0 Å². The number of ether oxygens (including phenoxy) is 1. The van der Waals surface area contributed by atoms with Crippen molar-refractivity contribution in [2.24, 2.45) is 0 Å². The molecule has 0 aromatic carbocycles. The summed E-state index contributed by atoms with van der Waals surface area (Å²) >= 11 is 0. The summed E-state index contributed by atoms with van der Waals surface area (Å²) in [5.74, 6) is 0.823. The average Bonchev–Trinajstić information content (AvgIpc) is 3.28. The van der Waals surface area contributed by atoms with Crippen molar-refractivity contribution in [3.63, 3.8) is 0 Å². The molecule has 0 spiro atoms. The van der Waals surface area contributed by atoms with Crippen molar-refractivity contribution < 1.29 is 20.1 Å². The van der Waals surface area contributed by atoms with Gasteiger partial charge in [0.2, 0.25) is 0 Å². The Hall–Kier alpha value is -2.53. The van der Waals surface area contributed by atoms with Crippen LogP contribution in [0.25, 0.3) is 22.4 Å². The smallest absolute Gasteiger partial charge is 0.164 e. The zero-order chi connectivity index (χ0) is 16.8. The highest BCUT2D eigenvalue weighted by Gasteiger charge is 2.44. The Morgan fingerprint density at radius 3 is 2.75 bits per heavy atom. The molecule has 4 atom stereocenters. The van der Waals surface area contributed by atoms with E-state index < -0.39 is 31.1 Å². The summed E-state index contributed by atoms with van der Waals surface area (Å²) in [6, 6.07) is 0. The van der Waals surface area contributed by atoms with E-state index in [1.54, 1.807) is 23.2 Å². The molecule has 1 saturated heterocycles. The summed E-state index contributed by atoms with van der Waals surface area (Å²) in [6.07, 6.45) is 2.03. The van der Waals surface area contributed by atoms with E-state index in [1.165, 1.54) is 6.33 Å². The molecular formula is C14H16N6O4. The van der Waals surface area contributed by atoms with Gasteiger partial charge in [0, 0.05) is 24.2 Å². The molecule has 1 aliphatic heterocycles. The Balaban J connectivity index is 1.90. The number of aliphatic hydroxyl groups excluding tert-OH is 3. The second kappa shape index (κ2) is 5.53. The molecule has 6 N–H and O–H groups in total. The minimum absolute atomic E-state index is 0.261. The van der Waals surface area contributed by atoms with E-state index >= 15 is 0 Å². The van der Waals surface area contributed by atoms with Crippen LogP contribution in [-0.2, 0) is 4.74 Å². The number of rotatable bonds is 3. The van der Waals surface area contributed by atoms with Crippen molar-refractivity contribution in [3.05, 3.63) is 24.9 Å². The lowest BCUT2D eigenvalue weighted by Gasteiger charge is -2.17. The van der Waals surface area contributed by atoms with Gasteiger partial charge in [-0.15, -0.1) is 0 Å². The quantitative estimate of drug-likeness (QED) is 0.409. The van der Waals surface area contributed by atoms with Gasteiger partial charge < -0.3 is 35.3 Å². The number of H-pyrrole nitrogens is 1. The second-order valence-electron chi connectivity index (χ2n) is 5.57. The Morgan fingerprint density at radius 2 is 2.08 bits per heavy atom. The first-order chi connectivity index (χ1) is 11.6. The first-order valence-corrected chi connectivity index (χ1v) is 7.35. The molecule has 126 valence electrons. The lowest BCUT2D eigenvalue weighted by Crippen LogP contribution is -2.33. The molecule has 24 heavy (non-hydrogen) atoms. The Bertz CT molecular complexity index is 864. The standard InChI is InChI=1S/C14H16N6O4/c15-11-8-6(12-16-1-2-17-12)3-20(13(8)19-5-18-11)14-10(23)9(22)7(4-21)24-14/h1-3,5,7,9-10,14,21-23H,4H2,(H,16,17)(H2,15,18,19)/t7-,9?,10?,14-/m1/s1. The minimum Gasteiger partial charge on any atom is -0.394 e. The van der Waals surface area contributed by atoms with E-state index in [4.69, 9.17) is 10.5 Å². The molecule has 1 aliphatic rings. The van der Waals surface area contributed by atoms with Crippen LogP contribution in [0.2, 0.25) is 0 Å². The lowest BCUT2D eigenvalue weighted by atomic mass is 10.1. The third-order valence-electron chi connectivity index (χ3n) is 4.18. The van der Waals surface area contributed by atoms with Gasteiger partial charge in [-0.2, -0.15) is 0 Å². The molecule has 3 aromatic rings. The Labute approximate surface area is 135 Å². The lowest BCUT2D eigenvalue weighted by molar-refractivity contribution is -0.0508.